The second kappa shape index (κ2) is 5.80. The minimum atomic E-state index is -0.433. The zero-order chi connectivity index (χ0) is 14.7. The van der Waals surface area contributed by atoms with Gasteiger partial charge in [0.2, 0.25) is 0 Å². The third kappa shape index (κ3) is 2.63. The summed E-state index contributed by atoms with van der Waals surface area (Å²) in [6, 6.07) is 16.0. The van der Waals surface area contributed by atoms with E-state index in [1.165, 1.54) is 18.6 Å². The lowest BCUT2D eigenvalue weighted by molar-refractivity contribution is 0.0839. The lowest BCUT2D eigenvalue weighted by Crippen LogP contribution is -2.38. The van der Waals surface area contributed by atoms with Crippen LogP contribution < -0.4 is 0 Å². The molecule has 0 aromatic heterocycles. The first-order valence-electron chi connectivity index (χ1n) is 7.58. The fourth-order valence-corrected chi connectivity index (χ4v) is 3.44. The second-order valence-corrected chi connectivity index (χ2v) is 5.84. The summed E-state index contributed by atoms with van der Waals surface area (Å²) in [5.74, 6) is -0.169. The van der Waals surface area contributed by atoms with E-state index >= 15 is 0 Å². The smallest absolute Gasteiger partial charge is 0.173 e. The molecule has 2 aromatic rings. The summed E-state index contributed by atoms with van der Waals surface area (Å²) in [5.41, 5.74) is 1.28. The minimum Gasteiger partial charge on any atom is -0.293 e. The zero-order valence-corrected chi connectivity index (χ0v) is 12.0. The first-order chi connectivity index (χ1) is 10.2. The van der Waals surface area contributed by atoms with Crippen molar-refractivity contribution in [2.75, 3.05) is 0 Å². The van der Waals surface area contributed by atoms with Crippen LogP contribution in [0.1, 0.15) is 48.0 Å². The van der Waals surface area contributed by atoms with Gasteiger partial charge in [-0.3, -0.25) is 4.79 Å². The highest BCUT2D eigenvalue weighted by Gasteiger charge is 2.41. The third-order valence-corrected chi connectivity index (χ3v) is 4.57. The molecule has 2 aromatic carbocycles. The topological polar surface area (TPSA) is 17.1 Å². The molecule has 0 heterocycles. The van der Waals surface area contributed by atoms with Gasteiger partial charge in [-0.05, 0) is 42.7 Å². The molecule has 2 heteroatoms. The molecule has 0 unspecified atom stereocenters. The average Bonchev–Trinajstić information content (AvgIpc) is 2.56. The Balaban J connectivity index is 2.03. The molecule has 0 saturated heterocycles. The van der Waals surface area contributed by atoms with E-state index in [-0.39, 0.29) is 11.6 Å². The number of ketones is 1. The largest absolute Gasteiger partial charge is 0.293 e. The fraction of sp³-hybridized carbons (Fsp3) is 0.316. The molecule has 0 amide bonds. The van der Waals surface area contributed by atoms with Crippen molar-refractivity contribution in [1.29, 1.82) is 0 Å². The van der Waals surface area contributed by atoms with Crippen LogP contribution >= 0.6 is 0 Å². The Labute approximate surface area is 124 Å². The molecule has 0 N–H and O–H groups in total. The van der Waals surface area contributed by atoms with Crippen molar-refractivity contribution in [3.05, 3.63) is 71.5 Å². The Hall–Kier alpha value is -1.96. The van der Waals surface area contributed by atoms with Crippen molar-refractivity contribution in [2.45, 2.75) is 37.5 Å². The first-order valence-corrected chi connectivity index (χ1v) is 7.58. The Morgan fingerprint density at radius 1 is 0.857 bits per heavy atom. The molecule has 0 radical (unpaired) electrons. The van der Waals surface area contributed by atoms with E-state index < -0.39 is 5.41 Å². The van der Waals surface area contributed by atoms with Crippen LogP contribution in [0.3, 0.4) is 0 Å². The molecule has 1 fully saturated rings. The molecule has 108 valence electrons. The number of hydrogen-bond donors (Lipinski definition) is 0. The highest BCUT2D eigenvalue weighted by atomic mass is 19.1. The van der Waals surface area contributed by atoms with Gasteiger partial charge in [-0.25, -0.2) is 4.39 Å². The highest BCUT2D eigenvalue weighted by Crippen LogP contribution is 2.42. The molecule has 0 aliphatic heterocycles. The van der Waals surface area contributed by atoms with Crippen LogP contribution in [0, 0.1) is 5.82 Å². The second-order valence-electron chi connectivity index (χ2n) is 5.84. The third-order valence-electron chi connectivity index (χ3n) is 4.57. The maximum Gasteiger partial charge on any atom is 0.173 e. The fourth-order valence-electron chi connectivity index (χ4n) is 3.44. The number of carbonyl (C=O) groups is 1. The quantitative estimate of drug-likeness (QED) is 0.731. The van der Waals surface area contributed by atoms with Gasteiger partial charge in [0.1, 0.15) is 5.82 Å². The number of carbonyl (C=O) groups excluding carboxylic acids is 1. The van der Waals surface area contributed by atoms with Gasteiger partial charge in [0.05, 0.1) is 5.41 Å². The van der Waals surface area contributed by atoms with E-state index in [0.717, 1.165) is 31.2 Å². The SMILES string of the molecule is O=C(c1ccc(F)cc1)C1(c2ccccc2)CCCCC1. The highest BCUT2D eigenvalue weighted by molar-refractivity contribution is 6.04. The van der Waals surface area contributed by atoms with Gasteiger partial charge in [0.25, 0.3) is 0 Å². The van der Waals surface area contributed by atoms with Crippen molar-refractivity contribution >= 4 is 5.78 Å². The van der Waals surface area contributed by atoms with Gasteiger partial charge in [-0.1, -0.05) is 49.6 Å². The molecule has 0 spiro atoms. The molecular weight excluding hydrogens is 263 g/mol. The summed E-state index contributed by atoms with van der Waals surface area (Å²) in [7, 11) is 0. The number of benzene rings is 2. The standard InChI is InChI=1S/C19H19FO/c20-17-11-9-15(10-12-17)18(21)19(13-5-2-6-14-19)16-7-3-1-4-8-16/h1,3-4,7-12H,2,5-6,13-14H2. The summed E-state index contributed by atoms with van der Waals surface area (Å²) in [5, 5.41) is 0. The van der Waals surface area contributed by atoms with Gasteiger partial charge in [-0.2, -0.15) is 0 Å². The van der Waals surface area contributed by atoms with E-state index in [1.54, 1.807) is 12.1 Å². The normalized spacial score (nSPS) is 17.4. The maximum absolute atomic E-state index is 13.1. The lowest BCUT2D eigenvalue weighted by atomic mass is 9.65. The van der Waals surface area contributed by atoms with Crippen molar-refractivity contribution < 1.29 is 9.18 Å². The van der Waals surface area contributed by atoms with E-state index in [2.05, 4.69) is 0 Å². The summed E-state index contributed by atoms with van der Waals surface area (Å²) < 4.78 is 13.1. The first kappa shape index (κ1) is 14.0. The van der Waals surface area contributed by atoms with Crippen LogP contribution in [0.5, 0.6) is 0 Å². The molecule has 1 aliphatic rings. The molecule has 0 bridgehead atoms. The minimum absolute atomic E-state index is 0.133. The molecule has 21 heavy (non-hydrogen) atoms. The lowest BCUT2D eigenvalue weighted by Gasteiger charge is -2.36. The van der Waals surface area contributed by atoms with Crippen LogP contribution in [0.4, 0.5) is 4.39 Å². The van der Waals surface area contributed by atoms with Gasteiger partial charge in [0.15, 0.2) is 5.78 Å². The number of hydrogen-bond acceptors (Lipinski definition) is 1. The molecule has 3 rings (SSSR count). The van der Waals surface area contributed by atoms with E-state index in [0.29, 0.717) is 5.56 Å². The summed E-state index contributed by atoms with van der Waals surface area (Å²) in [6.45, 7) is 0. The zero-order valence-electron chi connectivity index (χ0n) is 12.0. The van der Waals surface area contributed by atoms with Crippen molar-refractivity contribution in [2.24, 2.45) is 0 Å². The maximum atomic E-state index is 13.1. The van der Waals surface area contributed by atoms with Crippen LogP contribution in [0.2, 0.25) is 0 Å². The summed E-state index contributed by atoms with van der Waals surface area (Å²) in [4.78, 5) is 13.1. The van der Waals surface area contributed by atoms with Crippen LogP contribution in [0.15, 0.2) is 54.6 Å². The molecule has 1 aliphatic carbocycles. The number of rotatable bonds is 3. The monoisotopic (exact) mass is 282 g/mol. The Morgan fingerprint density at radius 2 is 1.48 bits per heavy atom. The Morgan fingerprint density at radius 3 is 2.10 bits per heavy atom. The summed E-state index contributed by atoms with van der Waals surface area (Å²) >= 11 is 0. The van der Waals surface area contributed by atoms with Gasteiger partial charge >= 0.3 is 0 Å². The van der Waals surface area contributed by atoms with Crippen LogP contribution in [-0.4, -0.2) is 5.78 Å². The van der Waals surface area contributed by atoms with Crippen molar-refractivity contribution in [1.82, 2.24) is 0 Å². The number of Topliss-reactive ketones (excluding diaryl/α,β-unsaturated/α-hetero) is 1. The number of halogens is 1. The van der Waals surface area contributed by atoms with E-state index in [9.17, 15) is 9.18 Å². The summed E-state index contributed by atoms with van der Waals surface area (Å²) in [6.07, 6.45) is 5.09. The van der Waals surface area contributed by atoms with Crippen molar-refractivity contribution in [3.63, 3.8) is 0 Å². The molecule has 1 nitrogen and oxygen atoms in total. The van der Waals surface area contributed by atoms with Crippen molar-refractivity contribution in [3.8, 4) is 0 Å². The van der Waals surface area contributed by atoms with Crippen LogP contribution in [0.25, 0.3) is 0 Å². The average molecular weight is 282 g/mol. The predicted molar refractivity (Wildman–Crippen MR) is 81.9 cm³/mol. The predicted octanol–water partition coefficient (Wildman–Crippen LogP) is 4.91. The van der Waals surface area contributed by atoms with E-state index in [4.69, 9.17) is 0 Å². The van der Waals surface area contributed by atoms with Gasteiger partial charge in [-0.15, -0.1) is 0 Å². The molecule has 0 atom stereocenters. The van der Waals surface area contributed by atoms with Gasteiger partial charge < -0.3 is 0 Å². The molecule has 1 saturated carbocycles. The van der Waals surface area contributed by atoms with Gasteiger partial charge in [0, 0.05) is 5.56 Å². The van der Waals surface area contributed by atoms with E-state index in [1.807, 2.05) is 30.3 Å². The van der Waals surface area contributed by atoms with Crippen LogP contribution in [-0.2, 0) is 5.41 Å². The Bertz CT molecular complexity index is 610. The Kier molecular flexibility index (Phi) is 3.87. The molecular formula is C19H19FO.